The van der Waals surface area contributed by atoms with Crippen LogP contribution in [0.2, 0.25) is 0 Å². The van der Waals surface area contributed by atoms with Gasteiger partial charge in [-0.1, -0.05) is 0 Å². The number of rotatable bonds is 3. The van der Waals surface area contributed by atoms with Crippen LogP contribution in [0.25, 0.3) is 0 Å². The molecule has 0 saturated heterocycles. The van der Waals surface area contributed by atoms with Gasteiger partial charge >= 0.3 is 11.9 Å². The summed E-state index contributed by atoms with van der Waals surface area (Å²) in [6.07, 6.45) is 2.06. The molecule has 1 saturated carbocycles. The van der Waals surface area contributed by atoms with Crippen LogP contribution in [0, 0.1) is 5.92 Å². The molecule has 6 nitrogen and oxygen atoms in total. The number of ether oxygens (including phenoxy) is 4. The maximum absolute atomic E-state index is 11.8. The summed E-state index contributed by atoms with van der Waals surface area (Å²) in [7, 11) is 1.45. The number of methoxy groups -OCH3 is 1. The molecule has 2 aliphatic rings. The third-order valence-corrected chi connectivity index (χ3v) is 3.72. The van der Waals surface area contributed by atoms with Gasteiger partial charge in [0, 0.05) is 12.8 Å². The molecule has 0 N–H and O–H groups in total. The van der Waals surface area contributed by atoms with Gasteiger partial charge < -0.3 is 18.9 Å². The van der Waals surface area contributed by atoms with E-state index >= 15 is 0 Å². The molecular formula is C14H20O6. The van der Waals surface area contributed by atoms with Gasteiger partial charge in [0.1, 0.15) is 5.57 Å². The smallest absolute Gasteiger partial charge is 0.344 e. The molecule has 0 unspecified atom stereocenters. The van der Waals surface area contributed by atoms with Crippen LogP contribution in [0.5, 0.6) is 0 Å². The molecule has 1 fully saturated rings. The molecule has 1 spiro atoms. The van der Waals surface area contributed by atoms with E-state index < -0.39 is 11.8 Å². The average Bonchev–Trinajstić information content (AvgIpc) is 2.44. The fourth-order valence-corrected chi connectivity index (χ4v) is 2.55. The van der Waals surface area contributed by atoms with Gasteiger partial charge in [0.25, 0.3) is 11.7 Å². The predicted molar refractivity (Wildman–Crippen MR) is 68.2 cm³/mol. The van der Waals surface area contributed by atoms with Crippen LogP contribution in [0.3, 0.4) is 0 Å². The Morgan fingerprint density at radius 3 is 2.55 bits per heavy atom. The first-order valence-electron chi connectivity index (χ1n) is 6.85. The molecule has 112 valence electrons. The molecule has 0 aromatic carbocycles. The molecule has 20 heavy (non-hydrogen) atoms. The van der Waals surface area contributed by atoms with Crippen LogP contribution < -0.4 is 0 Å². The maximum atomic E-state index is 11.8. The summed E-state index contributed by atoms with van der Waals surface area (Å²) in [5.41, 5.74) is 0.325. The Balaban J connectivity index is 2.03. The van der Waals surface area contributed by atoms with Crippen molar-refractivity contribution in [3.05, 3.63) is 11.5 Å². The Hall–Kier alpha value is -1.72. The van der Waals surface area contributed by atoms with Crippen LogP contribution in [0.4, 0.5) is 0 Å². The van der Waals surface area contributed by atoms with Gasteiger partial charge in [-0.15, -0.1) is 0 Å². The van der Waals surface area contributed by atoms with E-state index in [-0.39, 0.29) is 17.8 Å². The zero-order valence-electron chi connectivity index (χ0n) is 12.1. The zero-order chi connectivity index (χ0) is 14.8. The van der Waals surface area contributed by atoms with Gasteiger partial charge in [-0.05, 0) is 26.7 Å². The molecule has 2 rings (SSSR count). The molecule has 0 aromatic heterocycles. The topological polar surface area (TPSA) is 71.1 Å². The molecule has 0 amide bonds. The highest BCUT2D eigenvalue weighted by atomic mass is 16.8. The summed E-state index contributed by atoms with van der Waals surface area (Å²) < 4.78 is 21.2. The summed E-state index contributed by atoms with van der Waals surface area (Å²) in [6, 6.07) is 0. The fourth-order valence-electron chi connectivity index (χ4n) is 2.55. The first-order chi connectivity index (χ1) is 9.51. The Morgan fingerprint density at radius 1 is 1.35 bits per heavy atom. The van der Waals surface area contributed by atoms with Gasteiger partial charge in [0.2, 0.25) is 0 Å². The summed E-state index contributed by atoms with van der Waals surface area (Å²) in [5, 5.41) is 0. The number of carbonyl (C=O) groups is 2. The molecule has 0 bridgehead atoms. The quantitative estimate of drug-likeness (QED) is 0.737. The van der Waals surface area contributed by atoms with E-state index in [1.807, 2.05) is 0 Å². The van der Waals surface area contributed by atoms with Crippen LogP contribution in [0.15, 0.2) is 11.5 Å². The third kappa shape index (κ3) is 2.73. The van der Waals surface area contributed by atoms with Crippen molar-refractivity contribution in [2.45, 2.75) is 45.3 Å². The number of carbonyl (C=O) groups excluding carboxylic acids is 2. The average molecular weight is 284 g/mol. The van der Waals surface area contributed by atoms with Crippen molar-refractivity contribution in [3.63, 3.8) is 0 Å². The standard InChI is InChI=1S/C14H20O6/c1-4-18-12(16)10-5-7-14(8-6-10)19-11(15)9(2)13(17-3)20-14/h10H,4-8H2,1-3H3. The van der Waals surface area contributed by atoms with Crippen molar-refractivity contribution in [3.8, 4) is 0 Å². The zero-order valence-corrected chi connectivity index (χ0v) is 12.1. The Labute approximate surface area is 118 Å². The van der Waals surface area contributed by atoms with Gasteiger partial charge in [-0.2, -0.15) is 0 Å². The van der Waals surface area contributed by atoms with Crippen LogP contribution in [-0.2, 0) is 28.5 Å². The monoisotopic (exact) mass is 284 g/mol. The van der Waals surface area contributed by atoms with Crippen molar-refractivity contribution < 1.29 is 28.5 Å². The van der Waals surface area contributed by atoms with E-state index in [1.165, 1.54) is 7.11 Å². The van der Waals surface area contributed by atoms with Gasteiger partial charge in [0.15, 0.2) is 0 Å². The van der Waals surface area contributed by atoms with Crippen molar-refractivity contribution in [1.82, 2.24) is 0 Å². The Bertz CT molecular complexity index is 431. The van der Waals surface area contributed by atoms with Crippen molar-refractivity contribution >= 4 is 11.9 Å². The second-order valence-electron chi connectivity index (χ2n) is 5.05. The minimum absolute atomic E-state index is 0.152. The minimum atomic E-state index is -0.995. The molecule has 1 aliphatic carbocycles. The van der Waals surface area contributed by atoms with E-state index in [1.54, 1.807) is 13.8 Å². The molecule has 0 aromatic rings. The van der Waals surface area contributed by atoms with E-state index in [2.05, 4.69) is 0 Å². The summed E-state index contributed by atoms with van der Waals surface area (Å²) in [4.78, 5) is 23.5. The largest absolute Gasteiger partial charge is 0.468 e. The predicted octanol–water partition coefficient (Wildman–Crippen LogP) is 1.89. The highest BCUT2D eigenvalue weighted by Crippen LogP contribution is 2.41. The van der Waals surface area contributed by atoms with Crippen LogP contribution >= 0.6 is 0 Å². The highest BCUT2D eigenvalue weighted by Gasteiger charge is 2.47. The maximum Gasteiger partial charge on any atom is 0.344 e. The first kappa shape index (κ1) is 14.7. The molecule has 1 aliphatic heterocycles. The minimum Gasteiger partial charge on any atom is -0.468 e. The van der Waals surface area contributed by atoms with Gasteiger partial charge in [-0.25, -0.2) is 4.79 Å². The molecule has 6 heteroatoms. The number of hydrogen-bond donors (Lipinski definition) is 0. The van der Waals surface area contributed by atoms with Crippen LogP contribution in [-0.4, -0.2) is 31.4 Å². The third-order valence-electron chi connectivity index (χ3n) is 3.72. The lowest BCUT2D eigenvalue weighted by molar-refractivity contribution is -0.255. The second kappa shape index (κ2) is 5.73. The second-order valence-corrected chi connectivity index (χ2v) is 5.05. The highest BCUT2D eigenvalue weighted by molar-refractivity contribution is 5.88. The number of hydrogen-bond acceptors (Lipinski definition) is 6. The van der Waals surface area contributed by atoms with Crippen molar-refractivity contribution in [2.75, 3.05) is 13.7 Å². The van der Waals surface area contributed by atoms with E-state index in [9.17, 15) is 9.59 Å². The van der Waals surface area contributed by atoms with E-state index in [0.29, 0.717) is 37.9 Å². The first-order valence-corrected chi connectivity index (χ1v) is 6.85. The summed E-state index contributed by atoms with van der Waals surface area (Å²) in [6.45, 7) is 3.76. The molecule has 0 atom stereocenters. The molecular weight excluding hydrogens is 264 g/mol. The van der Waals surface area contributed by atoms with Gasteiger partial charge in [-0.3, -0.25) is 4.79 Å². The van der Waals surface area contributed by atoms with E-state index in [4.69, 9.17) is 18.9 Å². The van der Waals surface area contributed by atoms with E-state index in [0.717, 1.165) is 0 Å². The SMILES string of the molecule is CCOC(=O)C1CCC2(CC1)OC(=O)C(C)=C(OC)O2. The Morgan fingerprint density at radius 2 is 2.00 bits per heavy atom. The van der Waals surface area contributed by atoms with Gasteiger partial charge in [0.05, 0.1) is 19.6 Å². The summed E-state index contributed by atoms with van der Waals surface area (Å²) in [5.74, 6) is -1.56. The van der Waals surface area contributed by atoms with Crippen molar-refractivity contribution in [2.24, 2.45) is 5.92 Å². The number of esters is 2. The lowest BCUT2D eigenvalue weighted by Crippen LogP contribution is -2.46. The Kier molecular flexibility index (Phi) is 4.20. The normalized spacial score (nSPS) is 29.8. The molecule has 1 heterocycles. The molecule has 0 radical (unpaired) electrons. The fraction of sp³-hybridized carbons (Fsp3) is 0.714. The lowest BCUT2D eigenvalue weighted by Gasteiger charge is -2.41. The summed E-state index contributed by atoms with van der Waals surface area (Å²) >= 11 is 0. The lowest BCUT2D eigenvalue weighted by atomic mass is 9.84. The van der Waals surface area contributed by atoms with Crippen LogP contribution in [0.1, 0.15) is 39.5 Å². The van der Waals surface area contributed by atoms with Crippen molar-refractivity contribution in [1.29, 1.82) is 0 Å².